The molecule has 1 aromatic carbocycles. The third kappa shape index (κ3) is 5.53. The monoisotopic (exact) mass is 436 g/mol. The van der Waals surface area contributed by atoms with Crippen molar-refractivity contribution >= 4 is 17.2 Å². The molecule has 154 valence electrons. The van der Waals surface area contributed by atoms with Crippen LogP contribution in [0.25, 0.3) is 11.4 Å². The first-order valence-corrected chi connectivity index (χ1v) is 8.69. The van der Waals surface area contributed by atoms with E-state index in [0.29, 0.717) is 16.1 Å². The molecule has 29 heavy (non-hydrogen) atoms. The third-order valence-electron chi connectivity index (χ3n) is 3.47. The number of halogens is 6. The van der Waals surface area contributed by atoms with Crippen LogP contribution in [0.1, 0.15) is 27.0 Å². The Labute approximate surface area is 162 Å². The van der Waals surface area contributed by atoms with E-state index in [1.807, 2.05) is 0 Å². The molecule has 0 aliphatic carbocycles. The van der Waals surface area contributed by atoms with Crippen LogP contribution < -0.4 is 5.32 Å². The molecule has 1 N–H and O–H groups in total. The fourth-order valence-corrected chi connectivity index (χ4v) is 2.98. The van der Waals surface area contributed by atoms with Gasteiger partial charge in [0.15, 0.2) is 0 Å². The zero-order valence-corrected chi connectivity index (χ0v) is 15.0. The summed E-state index contributed by atoms with van der Waals surface area (Å²) in [7, 11) is 0. The molecule has 3 rings (SSSR count). The summed E-state index contributed by atoms with van der Waals surface area (Å²) in [4.78, 5) is 18.9. The minimum absolute atomic E-state index is 0.127. The predicted octanol–water partition coefficient (Wildman–Crippen LogP) is 4.09. The number of carbonyl (C=O) groups is 1. The van der Waals surface area contributed by atoms with Crippen molar-refractivity contribution in [1.29, 1.82) is 0 Å². The second-order valence-corrected chi connectivity index (χ2v) is 6.66. The highest BCUT2D eigenvalue weighted by Crippen LogP contribution is 2.29. The van der Waals surface area contributed by atoms with E-state index < -0.39 is 30.7 Å². The van der Waals surface area contributed by atoms with Crippen molar-refractivity contribution in [2.75, 3.05) is 6.54 Å². The lowest BCUT2D eigenvalue weighted by atomic mass is 10.1. The van der Waals surface area contributed by atoms with Crippen molar-refractivity contribution in [3.63, 3.8) is 0 Å². The first kappa shape index (κ1) is 20.8. The van der Waals surface area contributed by atoms with Crippen LogP contribution in [-0.4, -0.2) is 33.8 Å². The fraction of sp³-hybridized carbons (Fsp3) is 0.250. The highest BCUT2D eigenvalue weighted by Gasteiger charge is 2.38. The smallest absolute Gasteiger partial charge is 0.342 e. The molecule has 0 saturated heterocycles. The normalized spacial score (nSPS) is 12.2. The Kier molecular flexibility index (Phi) is 5.59. The van der Waals surface area contributed by atoms with Gasteiger partial charge in [0.2, 0.25) is 5.82 Å². The summed E-state index contributed by atoms with van der Waals surface area (Å²) < 4.78 is 78.1. The highest BCUT2D eigenvalue weighted by molar-refractivity contribution is 7.09. The van der Waals surface area contributed by atoms with Gasteiger partial charge in [-0.2, -0.15) is 31.3 Å². The Balaban J connectivity index is 1.64. The second-order valence-electron chi connectivity index (χ2n) is 5.72. The molecule has 2 aromatic heterocycles. The Morgan fingerprint density at radius 1 is 1.07 bits per heavy atom. The molecule has 6 nitrogen and oxygen atoms in total. The first-order chi connectivity index (χ1) is 13.5. The van der Waals surface area contributed by atoms with Crippen molar-refractivity contribution in [1.82, 2.24) is 20.4 Å². The molecular formula is C16H10F6N4O2S. The Hall–Kier alpha value is -2.96. The minimum Gasteiger partial charge on any atom is -0.342 e. The van der Waals surface area contributed by atoms with Gasteiger partial charge in [-0.25, -0.2) is 4.98 Å². The van der Waals surface area contributed by atoms with Gasteiger partial charge in [-0.3, -0.25) is 4.79 Å². The maximum absolute atomic E-state index is 12.5. The van der Waals surface area contributed by atoms with Gasteiger partial charge in [-0.1, -0.05) is 29.4 Å². The molecule has 1 amide bonds. The summed E-state index contributed by atoms with van der Waals surface area (Å²) >= 11 is 1.09. The predicted molar refractivity (Wildman–Crippen MR) is 88.0 cm³/mol. The number of hydrogen-bond donors (Lipinski definition) is 1. The summed E-state index contributed by atoms with van der Waals surface area (Å²) in [6.45, 7) is -1.45. The molecule has 13 heteroatoms. The van der Waals surface area contributed by atoms with Gasteiger partial charge in [0.05, 0.1) is 5.01 Å². The minimum atomic E-state index is -4.74. The van der Waals surface area contributed by atoms with E-state index in [4.69, 9.17) is 0 Å². The van der Waals surface area contributed by atoms with Crippen molar-refractivity contribution in [2.45, 2.75) is 18.8 Å². The lowest BCUT2D eigenvalue weighted by molar-refractivity contribution is -0.159. The first-order valence-electron chi connectivity index (χ1n) is 7.81. The molecule has 3 aromatic rings. The molecule has 0 spiro atoms. The van der Waals surface area contributed by atoms with Gasteiger partial charge in [-0.15, -0.1) is 11.3 Å². The molecule has 0 unspecified atom stereocenters. The quantitative estimate of drug-likeness (QED) is 0.610. The lowest BCUT2D eigenvalue weighted by Gasteiger charge is -2.06. The SMILES string of the molecule is O=C(NCC(F)(F)F)c1csc(Cc2ccc(-c3noc(C(F)(F)F)n3)cc2)n1. The van der Waals surface area contributed by atoms with E-state index in [1.165, 1.54) is 17.5 Å². The molecule has 0 fully saturated rings. The molecule has 0 aliphatic rings. The summed E-state index contributed by atoms with van der Waals surface area (Å²) in [5.41, 5.74) is 0.890. The van der Waals surface area contributed by atoms with Gasteiger partial charge < -0.3 is 9.84 Å². The number of alkyl halides is 6. The number of amides is 1. The zero-order chi connectivity index (χ0) is 21.2. The van der Waals surface area contributed by atoms with Gasteiger partial charge in [0, 0.05) is 17.4 Å². The van der Waals surface area contributed by atoms with Crippen molar-refractivity contribution in [3.8, 4) is 11.4 Å². The van der Waals surface area contributed by atoms with Gasteiger partial charge in [-0.05, 0) is 5.56 Å². The number of benzene rings is 1. The molecule has 0 atom stereocenters. The number of nitrogens with zero attached hydrogens (tertiary/aromatic N) is 3. The molecule has 0 saturated carbocycles. The summed E-state index contributed by atoms with van der Waals surface area (Å²) in [6, 6.07) is 6.18. The highest BCUT2D eigenvalue weighted by atomic mass is 32.1. The zero-order valence-electron chi connectivity index (χ0n) is 14.1. The summed E-state index contributed by atoms with van der Waals surface area (Å²) in [6.07, 6.45) is -8.98. The third-order valence-corrected chi connectivity index (χ3v) is 4.32. The van der Waals surface area contributed by atoms with Crippen LogP contribution in [0.3, 0.4) is 0 Å². The molecule has 0 radical (unpaired) electrons. The van der Waals surface area contributed by atoms with Crippen LogP contribution >= 0.6 is 11.3 Å². The topological polar surface area (TPSA) is 80.9 Å². The van der Waals surface area contributed by atoms with Crippen LogP contribution in [0, 0.1) is 0 Å². The van der Waals surface area contributed by atoms with Gasteiger partial charge in [0.1, 0.15) is 12.2 Å². The van der Waals surface area contributed by atoms with Crippen LogP contribution in [-0.2, 0) is 12.6 Å². The van der Waals surface area contributed by atoms with Gasteiger partial charge >= 0.3 is 18.2 Å². The summed E-state index contributed by atoms with van der Waals surface area (Å²) in [5.74, 6) is -2.60. The van der Waals surface area contributed by atoms with Crippen molar-refractivity contribution in [2.24, 2.45) is 0 Å². The Morgan fingerprint density at radius 2 is 1.76 bits per heavy atom. The number of hydrogen-bond acceptors (Lipinski definition) is 6. The van der Waals surface area contributed by atoms with Crippen LogP contribution in [0.15, 0.2) is 34.2 Å². The van der Waals surface area contributed by atoms with E-state index in [-0.39, 0.29) is 17.9 Å². The number of rotatable bonds is 5. The molecule has 0 aliphatic heterocycles. The average Bonchev–Trinajstić information content (AvgIpc) is 3.29. The van der Waals surface area contributed by atoms with Crippen LogP contribution in [0.5, 0.6) is 0 Å². The van der Waals surface area contributed by atoms with E-state index >= 15 is 0 Å². The number of nitrogens with one attached hydrogen (secondary N) is 1. The maximum atomic E-state index is 12.5. The van der Waals surface area contributed by atoms with E-state index in [1.54, 1.807) is 17.4 Å². The van der Waals surface area contributed by atoms with E-state index in [9.17, 15) is 31.1 Å². The molecule has 2 heterocycles. The van der Waals surface area contributed by atoms with Crippen molar-refractivity contribution in [3.05, 3.63) is 51.8 Å². The lowest BCUT2D eigenvalue weighted by Crippen LogP contribution is -2.33. The fourth-order valence-electron chi connectivity index (χ4n) is 2.17. The number of carbonyl (C=O) groups excluding carboxylic acids is 1. The van der Waals surface area contributed by atoms with E-state index in [2.05, 4.69) is 19.6 Å². The second kappa shape index (κ2) is 7.81. The van der Waals surface area contributed by atoms with Crippen LogP contribution in [0.4, 0.5) is 26.3 Å². The molecular weight excluding hydrogens is 426 g/mol. The van der Waals surface area contributed by atoms with E-state index in [0.717, 1.165) is 11.3 Å². The Bertz CT molecular complexity index is 994. The average molecular weight is 436 g/mol. The molecule has 0 bridgehead atoms. The van der Waals surface area contributed by atoms with Gasteiger partial charge in [0.25, 0.3) is 5.91 Å². The largest absolute Gasteiger partial charge is 0.471 e. The maximum Gasteiger partial charge on any atom is 0.471 e. The number of thiazole rings is 1. The summed E-state index contributed by atoms with van der Waals surface area (Å²) in [5, 5.41) is 6.84. The number of aromatic nitrogens is 3. The Morgan fingerprint density at radius 3 is 2.34 bits per heavy atom. The van der Waals surface area contributed by atoms with Crippen LogP contribution in [0.2, 0.25) is 0 Å². The standard InChI is InChI=1S/C16H10F6N4O2S/c17-15(18,19)7-23-13(27)10-6-29-11(24-10)5-8-1-3-9(4-2-8)12-25-14(28-26-12)16(20,21)22/h1-4,6H,5,7H2,(H,23,27). The van der Waals surface area contributed by atoms with Crippen molar-refractivity contribution < 1.29 is 35.7 Å².